The van der Waals surface area contributed by atoms with E-state index in [4.69, 9.17) is 0 Å². The minimum Gasteiger partial charge on any atom is -0.365 e. The minimum absolute atomic E-state index is 0.0241. The molecule has 4 rings (SSSR count). The van der Waals surface area contributed by atoms with Crippen molar-refractivity contribution in [1.82, 2.24) is 29.4 Å². The molecule has 28 heavy (non-hydrogen) atoms. The van der Waals surface area contributed by atoms with Gasteiger partial charge in [0.2, 0.25) is 0 Å². The molecule has 0 aliphatic heterocycles. The van der Waals surface area contributed by atoms with Gasteiger partial charge in [0.25, 0.3) is 5.82 Å². The molecule has 7 nitrogen and oxygen atoms in total. The van der Waals surface area contributed by atoms with E-state index in [1.54, 1.807) is 36.0 Å². The second kappa shape index (κ2) is 6.59. The molecular formula is C17H13F4N7. The van der Waals surface area contributed by atoms with E-state index in [-0.39, 0.29) is 18.0 Å². The second-order valence-corrected chi connectivity index (χ2v) is 5.99. The van der Waals surface area contributed by atoms with Crippen LogP contribution in [0.2, 0.25) is 0 Å². The van der Waals surface area contributed by atoms with Crippen LogP contribution in [0.3, 0.4) is 0 Å². The number of hydrogen-bond acceptors (Lipinski definition) is 5. The largest absolute Gasteiger partial charge is 0.453 e. The third-order valence-corrected chi connectivity index (χ3v) is 4.09. The minimum atomic E-state index is -4.67. The maximum Gasteiger partial charge on any atom is 0.453 e. The first kappa shape index (κ1) is 17.9. The molecular weight excluding hydrogens is 378 g/mol. The number of fused-ring (bicyclic) bond motifs is 1. The fourth-order valence-corrected chi connectivity index (χ4v) is 2.74. The molecule has 11 heteroatoms. The van der Waals surface area contributed by atoms with E-state index in [2.05, 4.69) is 25.6 Å². The van der Waals surface area contributed by atoms with Gasteiger partial charge in [-0.3, -0.25) is 0 Å². The van der Waals surface area contributed by atoms with E-state index in [0.717, 1.165) is 0 Å². The summed E-state index contributed by atoms with van der Waals surface area (Å²) in [7, 11) is 0. The number of nitrogens with one attached hydrogen (secondary N) is 1. The zero-order valence-corrected chi connectivity index (χ0v) is 14.4. The van der Waals surface area contributed by atoms with Crippen molar-refractivity contribution in [2.45, 2.75) is 19.6 Å². The molecule has 3 aromatic heterocycles. The molecule has 0 atom stereocenters. The lowest BCUT2D eigenvalue weighted by Crippen LogP contribution is -2.13. The highest BCUT2D eigenvalue weighted by molar-refractivity contribution is 5.45. The van der Waals surface area contributed by atoms with Crippen molar-refractivity contribution in [1.29, 1.82) is 0 Å². The number of halogens is 4. The van der Waals surface area contributed by atoms with Gasteiger partial charge in [0.1, 0.15) is 17.5 Å². The SMILES string of the molecule is Cc1nccn1-c1ccc(CNc2ccc3nnc(C(F)(F)F)n3n2)cc1F. The van der Waals surface area contributed by atoms with Crippen LogP contribution in [0.4, 0.5) is 23.4 Å². The fourth-order valence-electron chi connectivity index (χ4n) is 2.74. The Labute approximate surface area is 155 Å². The molecule has 0 spiro atoms. The van der Waals surface area contributed by atoms with Gasteiger partial charge in [-0.2, -0.15) is 17.7 Å². The molecule has 1 aromatic carbocycles. The Bertz CT molecular complexity index is 1150. The monoisotopic (exact) mass is 391 g/mol. The first-order chi connectivity index (χ1) is 13.3. The summed E-state index contributed by atoms with van der Waals surface area (Å²) in [5.74, 6) is -0.830. The van der Waals surface area contributed by atoms with Gasteiger partial charge in [0.05, 0.1) is 5.69 Å². The summed E-state index contributed by atoms with van der Waals surface area (Å²) in [6, 6.07) is 7.51. The van der Waals surface area contributed by atoms with Crippen LogP contribution in [0.25, 0.3) is 11.3 Å². The standard InChI is InChI=1S/C17H13F4N7/c1-10-22-6-7-27(10)13-3-2-11(8-12(13)18)9-23-14-4-5-15-24-25-16(17(19,20)21)28(15)26-14/h2-8H,9H2,1H3,(H,23,26). The molecule has 0 saturated heterocycles. The lowest BCUT2D eigenvalue weighted by molar-refractivity contribution is -0.146. The fraction of sp³-hybridized carbons (Fsp3) is 0.176. The van der Waals surface area contributed by atoms with Crippen LogP contribution in [0.5, 0.6) is 0 Å². The second-order valence-electron chi connectivity index (χ2n) is 5.99. The number of benzene rings is 1. The smallest absolute Gasteiger partial charge is 0.365 e. The maximum absolute atomic E-state index is 14.4. The van der Waals surface area contributed by atoms with E-state index in [9.17, 15) is 17.6 Å². The third kappa shape index (κ3) is 3.26. The Kier molecular flexibility index (Phi) is 4.21. The number of imidazole rings is 1. The predicted octanol–water partition coefficient (Wildman–Crippen LogP) is 3.39. The molecule has 0 fully saturated rings. The molecule has 0 unspecified atom stereocenters. The number of nitrogens with zero attached hydrogens (tertiary/aromatic N) is 6. The van der Waals surface area contributed by atoms with E-state index < -0.39 is 17.8 Å². The van der Waals surface area contributed by atoms with Crippen molar-refractivity contribution in [3.05, 3.63) is 65.8 Å². The quantitative estimate of drug-likeness (QED) is 0.540. The van der Waals surface area contributed by atoms with Crippen LogP contribution in [-0.4, -0.2) is 29.4 Å². The van der Waals surface area contributed by atoms with Crippen LogP contribution in [0.1, 0.15) is 17.2 Å². The number of alkyl halides is 3. The van der Waals surface area contributed by atoms with Gasteiger partial charge >= 0.3 is 6.18 Å². The predicted molar refractivity (Wildman–Crippen MR) is 91.4 cm³/mol. The highest BCUT2D eigenvalue weighted by atomic mass is 19.4. The summed E-state index contributed by atoms with van der Waals surface area (Å²) < 4.78 is 55.5. The first-order valence-corrected chi connectivity index (χ1v) is 8.15. The molecule has 3 heterocycles. The molecule has 4 aromatic rings. The summed E-state index contributed by atoms with van der Waals surface area (Å²) in [6.07, 6.45) is -1.44. The number of anilines is 1. The van der Waals surface area contributed by atoms with Crippen molar-refractivity contribution >= 4 is 11.5 Å². The average molecular weight is 391 g/mol. The highest BCUT2D eigenvalue weighted by Crippen LogP contribution is 2.27. The van der Waals surface area contributed by atoms with E-state index in [1.807, 2.05) is 0 Å². The molecule has 0 aliphatic rings. The van der Waals surface area contributed by atoms with Gasteiger partial charge in [-0.05, 0) is 36.8 Å². The summed E-state index contributed by atoms with van der Waals surface area (Å²) in [4.78, 5) is 4.06. The average Bonchev–Trinajstić information content (AvgIpc) is 3.25. The molecule has 1 N–H and O–H groups in total. The Morgan fingerprint density at radius 2 is 1.93 bits per heavy atom. The molecule has 0 bridgehead atoms. The summed E-state index contributed by atoms with van der Waals surface area (Å²) in [5, 5.41) is 13.3. The Morgan fingerprint density at radius 3 is 2.61 bits per heavy atom. The van der Waals surface area contributed by atoms with Crippen LogP contribution in [0.15, 0.2) is 42.7 Å². The number of hydrogen-bond donors (Lipinski definition) is 1. The van der Waals surface area contributed by atoms with Gasteiger partial charge in [-0.15, -0.1) is 15.3 Å². The third-order valence-electron chi connectivity index (χ3n) is 4.09. The van der Waals surface area contributed by atoms with Crippen molar-refractivity contribution in [2.75, 3.05) is 5.32 Å². The van der Waals surface area contributed by atoms with E-state index in [0.29, 0.717) is 21.6 Å². The number of rotatable bonds is 4. The summed E-state index contributed by atoms with van der Waals surface area (Å²) in [5.41, 5.74) is 0.933. The summed E-state index contributed by atoms with van der Waals surface area (Å²) in [6.45, 7) is 1.93. The van der Waals surface area contributed by atoms with Gasteiger partial charge in [-0.25, -0.2) is 9.37 Å². The van der Waals surface area contributed by atoms with Gasteiger partial charge in [0, 0.05) is 18.9 Å². The van der Waals surface area contributed by atoms with Crippen LogP contribution >= 0.6 is 0 Å². The van der Waals surface area contributed by atoms with E-state index in [1.165, 1.54) is 18.2 Å². The molecule has 144 valence electrons. The summed E-state index contributed by atoms with van der Waals surface area (Å²) >= 11 is 0. The van der Waals surface area contributed by atoms with Gasteiger partial charge < -0.3 is 9.88 Å². The van der Waals surface area contributed by atoms with Crippen molar-refractivity contribution < 1.29 is 17.6 Å². The van der Waals surface area contributed by atoms with Crippen molar-refractivity contribution in [2.24, 2.45) is 0 Å². The normalized spacial score (nSPS) is 11.9. The Hall–Kier alpha value is -3.50. The zero-order valence-electron chi connectivity index (χ0n) is 14.4. The number of aryl methyl sites for hydroxylation is 1. The Morgan fingerprint density at radius 1 is 1.11 bits per heavy atom. The van der Waals surface area contributed by atoms with Gasteiger partial charge in [-0.1, -0.05) is 6.07 Å². The molecule has 0 saturated carbocycles. The lowest BCUT2D eigenvalue weighted by atomic mass is 10.2. The van der Waals surface area contributed by atoms with Crippen LogP contribution in [0, 0.1) is 12.7 Å². The van der Waals surface area contributed by atoms with Crippen molar-refractivity contribution in [3.63, 3.8) is 0 Å². The maximum atomic E-state index is 14.4. The van der Waals surface area contributed by atoms with Crippen molar-refractivity contribution in [3.8, 4) is 5.69 Å². The van der Waals surface area contributed by atoms with Gasteiger partial charge in [0.15, 0.2) is 5.65 Å². The topological polar surface area (TPSA) is 72.9 Å². The Balaban J connectivity index is 1.55. The van der Waals surface area contributed by atoms with Crippen LogP contribution in [-0.2, 0) is 12.7 Å². The van der Waals surface area contributed by atoms with E-state index >= 15 is 0 Å². The molecule has 0 radical (unpaired) electrons. The first-order valence-electron chi connectivity index (χ1n) is 8.15. The van der Waals surface area contributed by atoms with Crippen LogP contribution < -0.4 is 5.32 Å². The lowest BCUT2D eigenvalue weighted by Gasteiger charge is -2.10. The molecule has 0 amide bonds. The number of aromatic nitrogens is 6. The zero-order chi connectivity index (χ0) is 19.9. The molecule has 0 aliphatic carbocycles. The highest BCUT2D eigenvalue weighted by Gasteiger charge is 2.37.